The lowest BCUT2D eigenvalue weighted by atomic mass is 10.1. The predicted octanol–water partition coefficient (Wildman–Crippen LogP) is 5.19. The molecule has 3 aromatic rings. The lowest BCUT2D eigenvalue weighted by Crippen LogP contribution is -2.30. The Morgan fingerprint density at radius 2 is 1.77 bits per heavy atom. The first-order chi connectivity index (χ1) is 16.9. The zero-order valence-corrected chi connectivity index (χ0v) is 21.0. The lowest BCUT2D eigenvalue weighted by molar-refractivity contribution is -0.122. The molecule has 0 aliphatic carbocycles. The number of esters is 1. The highest BCUT2D eigenvalue weighted by Gasteiger charge is 2.32. The summed E-state index contributed by atoms with van der Waals surface area (Å²) >= 11 is 6.70. The minimum atomic E-state index is -0.398. The van der Waals surface area contributed by atoms with Crippen LogP contribution in [0.1, 0.15) is 21.7 Å². The van der Waals surface area contributed by atoms with Gasteiger partial charge in [-0.15, -0.1) is 0 Å². The summed E-state index contributed by atoms with van der Waals surface area (Å²) in [5.74, 6) is 1.91. The number of methoxy groups -OCH3 is 3. The minimum Gasteiger partial charge on any atom is -0.493 e. The Morgan fingerprint density at radius 1 is 1.03 bits per heavy atom. The molecule has 2 heterocycles. The van der Waals surface area contributed by atoms with E-state index < -0.39 is 5.97 Å². The summed E-state index contributed by atoms with van der Waals surface area (Å²) in [5, 5.41) is 0. The van der Waals surface area contributed by atoms with Gasteiger partial charge in [0, 0.05) is 18.2 Å². The van der Waals surface area contributed by atoms with Gasteiger partial charge in [0.2, 0.25) is 0 Å². The summed E-state index contributed by atoms with van der Waals surface area (Å²) in [6.45, 7) is 0.452. The Morgan fingerprint density at radius 3 is 2.46 bits per heavy atom. The molecule has 1 saturated heterocycles. The fourth-order valence-electron chi connectivity index (χ4n) is 3.57. The molecule has 2 aromatic carbocycles. The topological polar surface area (TPSA) is 78.2 Å². The van der Waals surface area contributed by atoms with Gasteiger partial charge in [-0.1, -0.05) is 42.2 Å². The number of furan rings is 1. The molecule has 35 heavy (non-hydrogen) atoms. The average Bonchev–Trinajstić information content (AvgIpc) is 3.46. The smallest absolute Gasteiger partial charge is 0.337 e. The second-order valence-electron chi connectivity index (χ2n) is 7.54. The lowest BCUT2D eigenvalue weighted by Gasteiger charge is -2.15. The Hall–Kier alpha value is -3.56. The van der Waals surface area contributed by atoms with E-state index in [-0.39, 0.29) is 5.91 Å². The van der Waals surface area contributed by atoms with Crippen molar-refractivity contribution in [2.45, 2.75) is 6.42 Å². The molecule has 1 aliphatic rings. The molecule has 0 saturated carbocycles. The molecule has 0 radical (unpaired) electrons. The standard InChI is InChI=1S/C26H23NO6S2/c1-30-21-10-4-16(14-22(21)31-2)12-13-27-24(28)23(35-26(27)34)15-19-9-11-20(33-19)17-5-7-18(8-6-17)25(29)32-3/h4-11,14-15H,12-13H2,1-3H3/b23-15-. The first-order valence-corrected chi connectivity index (χ1v) is 11.9. The van der Waals surface area contributed by atoms with Crippen molar-refractivity contribution in [3.8, 4) is 22.8 Å². The highest BCUT2D eigenvalue weighted by atomic mass is 32.2. The van der Waals surface area contributed by atoms with E-state index in [0.717, 1.165) is 11.1 Å². The molecular formula is C26H23NO6S2. The van der Waals surface area contributed by atoms with Crippen molar-refractivity contribution in [1.82, 2.24) is 4.90 Å². The van der Waals surface area contributed by atoms with Gasteiger partial charge in [0.05, 0.1) is 31.8 Å². The third-order valence-electron chi connectivity index (χ3n) is 5.44. The molecule has 0 bridgehead atoms. The summed E-state index contributed by atoms with van der Waals surface area (Å²) in [4.78, 5) is 26.7. The summed E-state index contributed by atoms with van der Waals surface area (Å²) in [6, 6.07) is 16.2. The quantitative estimate of drug-likeness (QED) is 0.233. The van der Waals surface area contributed by atoms with Crippen molar-refractivity contribution >= 4 is 46.3 Å². The van der Waals surface area contributed by atoms with E-state index in [1.165, 1.54) is 18.9 Å². The number of benzene rings is 2. The average molecular weight is 510 g/mol. The molecule has 9 heteroatoms. The van der Waals surface area contributed by atoms with Crippen LogP contribution in [-0.4, -0.2) is 49.0 Å². The van der Waals surface area contributed by atoms with Crippen LogP contribution in [0, 0.1) is 0 Å². The molecule has 4 rings (SSSR count). The second kappa shape index (κ2) is 10.8. The molecule has 1 aliphatic heterocycles. The molecule has 0 spiro atoms. The third-order valence-corrected chi connectivity index (χ3v) is 6.81. The second-order valence-corrected chi connectivity index (χ2v) is 9.22. The number of rotatable bonds is 8. The Kier molecular flexibility index (Phi) is 7.57. The Balaban J connectivity index is 1.44. The highest BCUT2D eigenvalue weighted by molar-refractivity contribution is 8.26. The molecule has 1 fully saturated rings. The summed E-state index contributed by atoms with van der Waals surface area (Å²) in [5.41, 5.74) is 2.27. The number of hydrogen-bond acceptors (Lipinski definition) is 8. The largest absolute Gasteiger partial charge is 0.493 e. The van der Waals surface area contributed by atoms with Gasteiger partial charge in [-0.05, 0) is 48.4 Å². The van der Waals surface area contributed by atoms with Crippen molar-refractivity contribution in [2.75, 3.05) is 27.9 Å². The van der Waals surface area contributed by atoms with Crippen LogP contribution < -0.4 is 9.47 Å². The third kappa shape index (κ3) is 5.41. The van der Waals surface area contributed by atoms with E-state index in [1.807, 2.05) is 24.3 Å². The fourth-order valence-corrected chi connectivity index (χ4v) is 4.86. The summed E-state index contributed by atoms with van der Waals surface area (Å²) in [6.07, 6.45) is 2.31. The van der Waals surface area contributed by atoms with Gasteiger partial charge in [-0.2, -0.15) is 0 Å². The summed E-state index contributed by atoms with van der Waals surface area (Å²) in [7, 11) is 4.52. The van der Waals surface area contributed by atoms with E-state index in [0.29, 0.717) is 50.8 Å². The molecular weight excluding hydrogens is 486 g/mol. The van der Waals surface area contributed by atoms with E-state index in [1.54, 1.807) is 55.5 Å². The number of ether oxygens (including phenoxy) is 3. The molecule has 180 valence electrons. The number of amides is 1. The van der Waals surface area contributed by atoms with Gasteiger partial charge in [0.15, 0.2) is 11.5 Å². The molecule has 0 unspecified atom stereocenters. The van der Waals surface area contributed by atoms with Gasteiger partial charge >= 0.3 is 5.97 Å². The predicted molar refractivity (Wildman–Crippen MR) is 139 cm³/mol. The van der Waals surface area contributed by atoms with Gasteiger partial charge in [-0.3, -0.25) is 9.69 Å². The van der Waals surface area contributed by atoms with Crippen LogP contribution in [0.25, 0.3) is 17.4 Å². The van der Waals surface area contributed by atoms with Crippen molar-refractivity contribution < 1.29 is 28.2 Å². The van der Waals surface area contributed by atoms with Crippen LogP contribution in [0.3, 0.4) is 0 Å². The zero-order chi connectivity index (χ0) is 24.9. The molecule has 1 aromatic heterocycles. The number of thioether (sulfide) groups is 1. The van der Waals surface area contributed by atoms with Crippen molar-refractivity contribution in [1.29, 1.82) is 0 Å². The fraction of sp³-hybridized carbons (Fsp3) is 0.192. The van der Waals surface area contributed by atoms with Crippen LogP contribution in [-0.2, 0) is 16.0 Å². The number of carbonyl (C=O) groups excluding carboxylic acids is 2. The molecule has 0 atom stereocenters. The van der Waals surface area contributed by atoms with Crippen molar-refractivity contribution in [2.24, 2.45) is 0 Å². The summed E-state index contributed by atoms with van der Waals surface area (Å²) < 4.78 is 21.8. The number of carbonyl (C=O) groups is 2. The SMILES string of the molecule is COC(=O)c1ccc(-c2ccc(/C=C3\SC(=S)N(CCc4ccc(OC)c(OC)c4)C3=O)o2)cc1. The molecule has 0 N–H and O–H groups in total. The van der Waals surface area contributed by atoms with E-state index in [9.17, 15) is 9.59 Å². The number of nitrogens with zero attached hydrogens (tertiary/aromatic N) is 1. The maximum Gasteiger partial charge on any atom is 0.337 e. The van der Waals surface area contributed by atoms with Crippen LogP contribution in [0.2, 0.25) is 0 Å². The van der Waals surface area contributed by atoms with Crippen LogP contribution in [0.15, 0.2) is 63.9 Å². The van der Waals surface area contributed by atoms with E-state index in [4.69, 9.17) is 30.8 Å². The minimum absolute atomic E-state index is 0.152. The van der Waals surface area contributed by atoms with E-state index >= 15 is 0 Å². The van der Waals surface area contributed by atoms with Crippen LogP contribution >= 0.6 is 24.0 Å². The van der Waals surface area contributed by atoms with Crippen LogP contribution in [0.5, 0.6) is 11.5 Å². The first-order valence-electron chi connectivity index (χ1n) is 10.7. The maximum atomic E-state index is 13.0. The Bertz CT molecular complexity index is 1300. The van der Waals surface area contributed by atoms with Crippen molar-refractivity contribution in [3.63, 3.8) is 0 Å². The van der Waals surface area contributed by atoms with Gasteiger partial charge < -0.3 is 18.6 Å². The maximum absolute atomic E-state index is 13.0. The van der Waals surface area contributed by atoms with Crippen molar-refractivity contribution in [3.05, 3.63) is 76.4 Å². The van der Waals surface area contributed by atoms with E-state index in [2.05, 4.69) is 0 Å². The van der Waals surface area contributed by atoms with Gasteiger partial charge in [0.1, 0.15) is 15.8 Å². The molecule has 7 nitrogen and oxygen atoms in total. The highest BCUT2D eigenvalue weighted by Crippen LogP contribution is 2.34. The zero-order valence-electron chi connectivity index (χ0n) is 19.4. The number of hydrogen-bond donors (Lipinski definition) is 0. The van der Waals surface area contributed by atoms with Gasteiger partial charge in [0.25, 0.3) is 5.91 Å². The van der Waals surface area contributed by atoms with Crippen LogP contribution in [0.4, 0.5) is 0 Å². The molecule has 1 amide bonds. The monoisotopic (exact) mass is 509 g/mol. The normalized spacial score (nSPS) is 14.5. The van der Waals surface area contributed by atoms with Gasteiger partial charge in [-0.25, -0.2) is 4.79 Å². The Labute approximate surface area is 212 Å². The number of thiocarbonyl (C=S) groups is 1. The first kappa shape index (κ1) is 24.6.